The molecule has 22 heavy (non-hydrogen) atoms. The molecular weight excluding hydrogens is 302 g/mol. The Morgan fingerprint density at radius 3 is 2.32 bits per heavy atom. The van der Waals surface area contributed by atoms with Crippen LogP contribution in [-0.4, -0.2) is 28.2 Å². The van der Waals surface area contributed by atoms with Crippen LogP contribution in [0.4, 0.5) is 17.1 Å². The molecule has 0 aliphatic carbocycles. The van der Waals surface area contributed by atoms with Gasteiger partial charge in [0.2, 0.25) is 11.6 Å². The Morgan fingerprint density at radius 1 is 1.14 bits per heavy atom. The summed E-state index contributed by atoms with van der Waals surface area (Å²) in [5, 5.41) is 17.4. The first-order valence-electron chi connectivity index (χ1n) is 6.87. The average molecular weight is 319 g/mol. The van der Waals surface area contributed by atoms with E-state index >= 15 is 0 Å². The molecule has 0 fully saturated rings. The largest absolute Gasteiger partial charge is 0.493 e. The first-order chi connectivity index (χ1) is 10.5. The molecule has 7 nitrogen and oxygen atoms in total. The summed E-state index contributed by atoms with van der Waals surface area (Å²) < 4.78 is 0.0324. The van der Waals surface area contributed by atoms with Crippen LogP contribution >= 0.6 is 12.2 Å². The van der Waals surface area contributed by atoms with Crippen molar-refractivity contribution in [3.8, 4) is 5.88 Å². The summed E-state index contributed by atoms with van der Waals surface area (Å²) in [5.74, 6) is -0.405. The highest BCUT2D eigenvalue weighted by atomic mass is 32.1. The number of rotatable bonds is 5. The lowest BCUT2D eigenvalue weighted by Crippen LogP contribution is -2.21. The first-order valence-corrected chi connectivity index (χ1v) is 7.28. The third-order valence-corrected chi connectivity index (χ3v) is 3.35. The smallest absolute Gasteiger partial charge is 0.283 e. The van der Waals surface area contributed by atoms with Crippen molar-refractivity contribution < 1.29 is 5.11 Å². The Labute approximate surface area is 132 Å². The number of H-pyrrole nitrogens is 2. The number of hydrogen-bond donors (Lipinski definition) is 3. The molecule has 1 aromatic heterocycles. The summed E-state index contributed by atoms with van der Waals surface area (Å²) in [6.45, 7) is 6.02. The highest BCUT2D eigenvalue weighted by Gasteiger charge is 2.06. The standard InChI is InChI=1S/C14H17N5O2S/c1-3-19(4-2)10-7-5-9(6-8-10)17-18-11-12(20)15-14(22)16-13(11)21/h5-8H,3-4H2,1-2H3,(H3,15,16,20,21,22). The molecule has 1 aromatic carbocycles. The minimum absolute atomic E-state index is 0.0324. The number of aromatic amines is 2. The maximum atomic E-state index is 11.6. The second-order valence-electron chi connectivity index (χ2n) is 4.49. The summed E-state index contributed by atoms with van der Waals surface area (Å²) in [6, 6.07) is 7.47. The molecule has 0 bridgehead atoms. The first kappa shape index (κ1) is 15.9. The average Bonchev–Trinajstić information content (AvgIpc) is 2.49. The van der Waals surface area contributed by atoms with Gasteiger partial charge in [-0.1, -0.05) is 0 Å². The molecule has 2 rings (SSSR count). The number of azo groups is 1. The lowest BCUT2D eigenvalue weighted by Gasteiger charge is -2.20. The molecule has 0 saturated heterocycles. The van der Waals surface area contributed by atoms with E-state index in [9.17, 15) is 9.90 Å². The van der Waals surface area contributed by atoms with E-state index in [1.165, 1.54) is 0 Å². The molecule has 3 N–H and O–H groups in total. The van der Waals surface area contributed by atoms with Gasteiger partial charge in [0.25, 0.3) is 5.56 Å². The van der Waals surface area contributed by atoms with Gasteiger partial charge in [-0.15, -0.1) is 5.11 Å². The van der Waals surface area contributed by atoms with Gasteiger partial charge in [0.1, 0.15) is 0 Å². The number of aromatic nitrogens is 2. The quantitative estimate of drug-likeness (QED) is 0.581. The van der Waals surface area contributed by atoms with E-state index in [0.717, 1.165) is 18.8 Å². The van der Waals surface area contributed by atoms with Gasteiger partial charge in [0, 0.05) is 18.8 Å². The van der Waals surface area contributed by atoms with Crippen LogP contribution in [0.15, 0.2) is 39.3 Å². The Bertz CT molecular complexity index is 775. The Kier molecular flexibility index (Phi) is 5.05. The van der Waals surface area contributed by atoms with Gasteiger partial charge >= 0.3 is 0 Å². The molecule has 8 heteroatoms. The fourth-order valence-corrected chi connectivity index (χ4v) is 2.18. The van der Waals surface area contributed by atoms with Crippen molar-refractivity contribution in [2.45, 2.75) is 13.8 Å². The van der Waals surface area contributed by atoms with Crippen molar-refractivity contribution in [1.29, 1.82) is 0 Å². The molecule has 0 aliphatic heterocycles. The molecule has 0 atom stereocenters. The Morgan fingerprint density at radius 2 is 1.77 bits per heavy atom. The normalized spacial score (nSPS) is 11.0. The topological polar surface area (TPSA) is 96.8 Å². The van der Waals surface area contributed by atoms with E-state index in [1.807, 2.05) is 12.1 Å². The second-order valence-corrected chi connectivity index (χ2v) is 4.90. The monoisotopic (exact) mass is 319 g/mol. The summed E-state index contributed by atoms with van der Waals surface area (Å²) in [6.07, 6.45) is 0. The van der Waals surface area contributed by atoms with Crippen molar-refractivity contribution in [2.75, 3.05) is 18.0 Å². The zero-order chi connectivity index (χ0) is 16.1. The third-order valence-electron chi connectivity index (χ3n) is 3.14. The third kappa shape index (κ3) is 3.59. The van der Waals surface area contributed by atoms with Crippen LogP contribution < -0.4 is 10.5 Å². The molecule has 116 valence electrons. The van der Waals surface area contributed by atoms with Gasteiger partial charge in [-0.3, -0.25) is 9.78 Å². The van der Waals surface area contributed by atoms with E-state index in [-0.39, 0.29) is 10.5 Å². The Hall–Kier alpha value is -2.48. The zero-order valence-electron chi connectivity index (χ0n) is 12.3. The van der Waals surface area contributed by atoms with E-state index in [1.54, 1.807) is 12.1 Å². The number of aromatic hydroxyl groups is 1. The molecular formula is C14H17N5O2S. The molecule has 2 aromatic rings. The van der Waals surface area contributed by atoms with Gasteiger partial charge in [-0.05, 0) is 50.3 Å². The van der Waals surface area contributed by atoms with Crippen molar-refractivity contribution in [1.82, 2.24) is 9.97 Å². The fourth-order valence-electron chi connectivity index (χ4n) is 1.99. The summed E-state index contributed by atoms with van der Waals surface area (Å²) in [7, 11) is 0. The van der Waals surface area contributed by atoms with Gasteiger partial charge in [-0.2, -0.15) is 5.11 Å². The molecule has 0 unspecified atom stereocenters. The molecule has 0 aliphatic rings. The zero-order valence-corrected chi connectivity index (χ0v) is 13.1. The van der Waals surface area contributed by atoms with Gasteiger partial charge in [0.15, 0.2) is 4.77 Å². The number of nitrogens with zero attached hydrogens (tertiary/aromatic N) is 3. The second kappa shape index (κ2) is 6.99. The lowest BCUT2D eigenvalue weighted by atomic mass is 10.2. The van der Waals surface area contributed by atoms with Crippen LogP contribution in [0, 0.1) is 4.77 Å². The molecule has 0 radical (unpaired) electrons. The van der Waals surface area contributed by atoms with E-state index in [2.05, 4.69) is 38.9 Å². The predicted molar refractivity (Wildman–Crippen MR) is 88.1 cm³/mol. The molecule has 0 saturated carbocycles. The minimum Gasteiger partial charge on any atom is -0.493 e. The van der Waals surface area contributed by atoms with Crippen LogP contribution in [0.25, 0.3) is 0 Å². The summed E-state index contributed by atoms with van der Waals surface area (Å²) >= 11 is 4.74. The van der Waals surface area contributed by atoms with Crippen molar-refractivity contribution in [2.24, 2.45) is 10.2 Å². The maximum Gasteiger partial charge on any atom is 0.283 e. The number of nitrogens with one attached hydrogen (secondary N) is 2. The van der Waals surface area contributed by atoms with E-state index in [0.29, 0.717) is 5.69 Å². The van der Waals surface area contributed by atoms with Gasteiger partial charge in [-0.25, -0.2) is 0 Å². The van der Waals surface area contributed by atoms with Gasteiger partial charge in [0.05, 0.1) is 5.69 Å². The van der Waals surface area contributed by atoms with E-state index < -0.39 is 11.4 Å². The van der Waals surface area contributed by atoms with Crippen LogP contribution in [0.2, 0.25) is 0 Å². The van der Waals surface area contributed by atoms with Crippen molar-refractivity contribution >= 4 is 29.3 Å². The minimum atomic E-state index is -0.593. The van der Waals surface area contributed by atoms with Crippen molar-refractivity contribution in [3.63, 3.8) is 0 Å². The highest BCUT2D eigenvalue weighted by molar-refractivity contribution is 7.71. The summed E-state index contributed by atoms with van der Waals surface area (Å²) in [5.41, 5.74) is 0.872. The molecule has 0 amide bonds. The van der Waals surface area contributed by atoms with Crippen LogP contribution in [-0.2, 0) is 0 Å². The van der Waals surface area contributed by atoms with Crippen LogP contribution in [0.5, 0.6) is 5.88 Å². The maximum absolute atomic E-state index is 11.6. The number of anilines is 1. The molecule has 0 spiro atoms. The van der Waals surface area contributed by atoms with Crippen LogP contribution in [0.3, 0.4) is 0 Å². The Balaban J connectivity index is 2.24. The van der Waals surface area contributed by atoms with E-state index in [4.69, 9.17) is 12.2 Å². The summed E-state index contributed by atoms with van der Waals surface area (Å²) in [4.78, 5) is 18.6. The predicted octanol–water partition coefficient (Wildman–Crippen LogP) is 3.40. The highest BCUT2D eigenvalue weighted by Crippen LogP contribution is 2.23. The fraction of sp³-hybridized carbons (Fsp3) is 0.286. The number of benzene rings is 1. The van der Waals surface area contributed by atoms with Crippen LogP contribution in [0.1, 0.15) is 13.8 Å². The lowest BCUT2D eigenvalue weighted by molar-refractivity contribution is 0.451. The van der Waals surface area contributed by atoms with Gasteiger partial charge < -0.3 is 15.0 Å². The van der Waals surface area contributed by atoms with Crippen molar-refractivity contribution in [3.05, 3.63) is 39.4 Å². The SMILES string of the molecule is CCN(CC)c1ccc(N=Nc2c(O)[nH]c(=S)[nH]c2=O)cc1. The molecule has 1 heterocycles. The number of hydrogen-bond acceptors (Lipinski definition) is 6.